The Bertz CT molecular complexity index is 589. The molecule has 0 atom stereocenters. The molecule has 1 aliphatic heterocycles. The number of fused-ring (bicyclic) bond motifs is 1. The Labute approximate surface area is 125 Å². The van der Waals surface area contributed by atoms with Crippen LogP contribution in [0.4, 0.5) is 0 Å². The van der Waals surface area contributed by atoms with E-state index in [9.17, 15) is 0 Å². The fourth-order valence-corrected chi connectivity index (χ4v) is 3.61. The Morgan fingerprint density at radius 2 is 1.95 bits per heavy atom. The van der Waals surface area contributed by atoms with Gasteiger partial charge in [-0.05, 0) is 29.7 Å². The predicted molar refractivity (Wildman–Crippen MR) is 88.4 cm³/mol. The van der Waals surface area contributed by atoms with Crippen molar-refractivity contribution in [1.82, 2.24) is 9.88 Å². The Hall–Kier alpha value is -1.06. The van der Waals surface area contributed by atoms with Crippen molar-refractivity contribution in [2.45, 2.75) is 26.3 Å². The Morgan fingerprint density at radius 1 is 1.15 bits per heavy atom. The summed E-state index contributed by atoms with van der Waals surface area (Å²) in [5.41, 5.74) is 3.70. The second-order valence-electron chi connectivity index (χ2n) is 5.81. The molecule has 0 bridgehead atoms. The average molecular weight is 286 g/mol. The van der Waals surface area contributed by atoms with E-state index in [4.69, 9.17) is 4.98 Å². The average Bonchev–Trinajstić information content (AvgIpc) is 2.47. The second kappa shape index (κ2) is 6.15. The van der Waals surface area contributed by atoms with Crippen LogP contribution in [0.25, 0.3) is 10.9 Å². The minimum absolute atomic E-state index is 0.491. The van der Waals surface area contributed by atoms with Gasteiger partial charge in [-0.2, -0.15) is 11.8 Å². The van der Waals surface area contributed by atoms with Crippen LogP contribution < -0.4 is 0 Å². The molecule has 0 unspecified atom stereocenters. The number of thioether (sulfide) groups is 1. The number of rotatable bonds is 3. The van der Waals surface area contributed by atoms with Gasteiger partial charge in [0, 0.05) is 42.2 Å². The highest BCUT2D eigenvalue weighted by molar-refractivity contribution is 7.99. The normalized spacial score (nSPS) is 16.9. The van der Waals surface area contributed by atoms with Crippen LogP contribution in [0, 0.1) is 0 Å². The van der Waals surface area contributed by atoms with Gasteiger partial charge in [-0.15, -0.1) is 0 Å². The summed E-state index contributed by atoms with van der Waals surface area (Å²) in [7, 11) is 0. The lowest BCUT2D eigenvalue weighted by Crippen LogP contribution is -2.31. The first-order valence-corrected chi connectivity index (χ1v) is 8.57. The zero-order chi connectivity index (χ0) is 13.9. The maximum atomic E-state index is 4.75. The molecule has 2 aromatic rings. The van der Waals surface area contributed by atoms with E-state index in [0.29, 0.717) is 5.92 Å². The lowest BCUT2D eigenvalue weighted by atomic mass is 10.1. The van der Waals surface area contributed by atoms with Gasteiger partial charge in [-0.3, -0.25) is 9.88 Å². The zero-order valence-corrected chi connectivity index (χ0v) is 13.1. The van der Waals surface area contributed by atoms with Crippen molar-refractivity contribution in [2.75, 3.05) is 24.6 Å². The molecule has 20 heavy (non-hydrogen) atoms. The number of aromatic nitrogens is 1. The molecule has 2 nitrogen and oxygen atoms in total. The third-order valence-corrected chi connectivity index (χ3v) is 4.82. The third-order valence-electron chi connectivity index (χ3n) is 3.88. The van der Waals surface area contributed by atoms with Crippen LogP contribution in [0.3, 0.4) is 0 Å². The lowest BCUT2D eigenvalue weighted by Gasteiger charge is -2.26. The highest BCUT2D eigenvalue weighted by Crippen LogP contribution is 2.20. The first kappa shape index (κ1) is 13.9. The van der Waals surface area contributed by atoms with Crippen LogP contribution in [0.2, 0.25) is 0 Å². The van der Waals surface area contributed by atoms with E-state index in [1.165, 1.54) is 41.2 Å². The van der Waals surface area contributed by atoms with Crippen molar-refractivity contribution in [1.29, 1.82) is 0 Å². The topological polar surface area (TPSA) is 16.1 Å². The molecule has 0 radical (unpaired) electrons. The summed E-state index contributed by atoms with van der Waals surface area (Å²) in [5, 5.41) is 1.26. The summed E-state index contributed by atoms with van der Waals surface area (Å²) in [6.45, 7) is 7.89. The molecule has 2 heterocycles. The summed E-state index contributed by atoms with van der Waals surface area (Å²) >= 11 is 2.06. The summed E-state index contributed by atoms with van der Waals surface area (Å²) in [5.74, 6) is 3.03. The van der Waals surface area contributed by atoms with Crippen LogP contribution in [0.15, 0.2) is 30.3 Å². The van der Waals surface area contributed by atoms with E-state index in [1.807, 2.05) is 0 Å². The molecule has 0 saturated carbocycles. The standard InChI is InChI=1S/C17H22N2S/c1-13(2)16-6-4-15-11-14(3-5-17(15)18-16)12-19-7-9-20-10-8-19/h3-6,11,13H,7-10,12H2,1-2H3. The molecule has 1 fully saturated rings. The minimum atomic E-state index is 0.491. The van der Waals surface area contributed by atoms with Crippen LogP contribution in [0.1, 0.15) is 31.0 Å². The maximum absolute atomic E-state index is 4.75. The van der Waals surface area contributed by atoms with Crippen LogP contribution in [-0.4, -0.2) is 34.5 Å². The molecular weight excluding hydrogens is 264 g/mol. The maximum Gasteiger partial charge on any atom is 0.0705 e. The van der Waals surface area contributed by atoms with E-state index < -0.39 is 0 Å². The number of benzene rings is 1. The molecule has 0 amide bonds. The van der Waals surface area contributed by atoms with Gasteiger partial charge in [0.2, 0.25) is 0 Å². The van der Waals surface area contributed by atoms with Crippen LogP contribution in [-0.2, 0) is 6.54 Å². The third kappa shape index (κ3) is 3.15. The first-order chi connectivity index (χ1) is 9.72. The fraction of sp³-hybridized carbons (Fsp3) is 0.471. The van der Waals surface area contributed by atoms with Gasteiger partial charge >= 0.3 is 0 Å². The quantitative estimate of drug-likeness (QED) is 0.851. The first-order valence-electron chi connectivity index (χ1n) is 7.42. The van der Waals surface area contributed by atoms with Gasteiger partial charge in [-0.25, -0.2) is 0 Å². The second-order valence-corrected chi connectivity index (χ2v) is 7.03. The molecule has 106 valence electrons. The number of nitrogens with zero attached hydrogens (tertiary/aromatic N) is 2. The lowest BCUT2D eigenvalue weighted by molar-refractivity contribution is 0.295. The Morgan fingerprint density at radius 3 is 2.70 bits per heavy atom. The van der Waals surface area contributed by atoms with E-state index >= 15 is 0 Å². The SMILES string of the molecule is CC(C)c1ccc2cc(CN3CCSCC3)ccc2n1. The highest BCUT2D eigenvalue weighted by Gasteiger charge is 2.11. The molecule has 1 saturated heterocycles. The van der Waals surface area contributed by atoms with Crippen molar-refractivity contribution in [3.8, 4) is 0 Å². The number of pyridine rings is 1. The predicted octanol–water partition coefficient (Wildman–Crippen LogP) is 3.91. The van der Waals surface area contributed by atoms with Gasteiger partial charge in [0.25, 0.3) is 0 Å². The summed E-state index contributed by atoms with van der Waals surface area (Å²) in [6.07, 6.45) is 0. The summed E-state index contributed by atoms with van der Waals surface area (Å²) in [4.78, 5) is 7.29. The van der Waals surface area contributed by atoms with Crippen molar-refractivity contribution in [3.63, 3.8) is 0 Å². The van der Waals surface area contributed by atoms with Crippen LogP contribution >= 0.6 is 11.8 Å². The smallest absolute Gasteiger partial charge is 0.0705 e. The Kier molecular flexibility index (Phi) is 4.27. The monoisotopic (exact) mass is 286 g/mol. The van der Waals surface area contributed by atoms with Crippen molar-refractivity contribution in [3.05, 3.63) is 41.6 Å². The van der Waals surface area contributed by atoms with Crippen molar-refractivity contribution < 1.29 is 0 Å². The molecule has 0 spiro atoms. The molecular formula is C17H22N2S. The molecule has 1 aromatic carbocycles. The fourth-order valence-electron chi connectivity index (χ4n) is 2.63. The van der Waals surface area contributed by atoms with Gasteiger partial charge < -0.3 is 0 Å². The van der Waals surface area contributed by atoms with Crippen molar-refractivity contribution in [2.24, 2.45) is 0 Å². The molecule has 3 heteroatoms. The van der Waals surface area contributed by atoms with E-state index in [2.05, 4.69) is 60.8 Å². The van der Waals surface area contributed by atoms with Gasteiger partial charge in [0.15, 0.2) is 0 Å². The minimum Gasteiger partial charge on any atom is -0.297 e. The van der Waals surface area contributed by atoms with Crippen LogP contribution in [0.5, 0.6) is 0 Å². The molecule has 1 aromatic heterocycles. The molecule has 0 aliphatic carbocycles. The zero-order valence-electron chi connectivity index (χ0n) is 12.3. The van der Waals surface area contributed by atoms with Crippen molar-refractivity contribution >= 4 is 22.7 Å². The Balaban J connectivity index is 1.81. The van der Waals surface area contributed by atoms with E-state index in [1.54, 1.807) is 0 Å². The molecule has 3 rings (SSSR count). The molecule has 0 N–H and O–H groups in total. The summed E-state index contributed by atoms with van der Waals surface area (Å²) < 4.78 is 0. The van der Waals surface area contributed by atoms with Gasteiger partial charge in [0.05, 0.1) is 5.52 Å². The van der Waals surface area contributed by atoms with E-state index in [0.717, 1.165) is 12.1 Å². The van der Waals surface area contributed by atoms with E-state index in [-0.39, 0.29) is 0 Å². The molecule has 1 aliphatic rings. The van der Waals surface area contributed by atoms with Gasteiger partial charge in [0.1, 0.15) is 0 Å². The summed E-state index contributed by atoms with van der Waals surface area (Å²) in [6, 6.07) is 11.1. The highest BCUT2D eigenvalue weighted by atomic mass is 32.2. The van der Waals surface area contributed by atoms with Gasteiger partial charge in [-0.1, -0.05) is 26.0 Å². The number of hydrogen-bond acceptors (Lipinski definition) is 3. The number of hydrogen-bond donors (Lipinski definition) is 0. The largest absolute Gasteiger partial charge is 0.297 e.